The third-order valence-electron chi connectivity index (χ3n) is 8.81. The molecule has 1 aromatic carbocycles. The van der Waals surface area contributed by atoms with Crippen LogP contribution in [0.15, 0.2) is 24.3 Å². The lowest BCUT2D eigenvalue weighted by Crippen LogP contribution is -2.49. The van der Waals surface area contributed by atoms with Crippen LogP contribution in [-0.4, -0.2) is 116 Å². The summed E-state index contributed by atoms with van der Waals surface area (Å²) in [7, 11) is 7.08. The summed E-state index contributed by atoms with van der Waals surface area (Å²) in [5.74, 6) is 0. The molecule has 6 amide bonds. The Hall–Kier alpha value is -3.09. The summed E-state index contributed by atoms with van der Waals surface area (Å²) in [6.45, 7) is 2.71. The predicted molar refractivity (Wildman–Crippen MR) is 173 cm³/mol. The molecule has 0 aliphatic heterocycles. The summed E-state index contributed by atoms with van der Waals surface area (Å²) in [4.78, 5) is 44.3. The highest BCUT2D eigenvalue weighted by atomic mass is 16.3. The third-order valence-corrected chi connectivity index (χ3v) is 8.81. The molecule has 44 heavy (non-hydrogen) atoms. The van der Waals surface area contributed by atoms with Gasteiger partial charge in [-0.2, -0.15) is 0 Å². The van der Waals surface area contributed by atoms with Crippen LogP contribution in [-0.2, 0) is 13.1 Å². The predicted octanol–water partition coefficient (Wildman–Crippen LogP) is 3.07. The number of hydrogen-bond donors (Lipinski definition) is 5. The molecule has 1 atom stereocenters. The van der Waals surface area contributed by atoms with Gasteiger partial charge in [0.05, 0.1) is 0 Å². The minimum Gasteiger partial charge on any atom is -0.365 e. The number of carbonyl (C=O) groups is 3. The van der Waals surface area contributed by atoms with Crippen LogP contribution in [0, 0.1) is 0 Å². The Morgan fingerprint density at radius 3 is 1.68 bits per heavy atom. The number of hydrogen-bond acceptors (Lipinski definition) is 6. The van der Waals surface area contributed by atoms with Gasteiger partial charge in [-0.1, -0.05) is 62.8 Å². The van der Waals surface area contributed by atoms with Crippen molar-refractivity contribution in [2.75, 3.05) is 54.4 Å². The first kappa shape index (κ1) is 35.4. The van der Waals surface area contributed by atoms with E-state index in [4.69, 9.17) is 0 Å². The molecule has 5 N–H and O–H groups in total. The molecule has 1 aromatic rings. The molecule has 248 valence electrons. The monoisotopic (exact) mass is 616 g/mol. The van der Waals surface area contributed by atoms with Crippen LogP contribution >= 0.6 is 0 Å². The summed E-state index contributed by atoms with van der Waals surface area (Å²) in [5, 5.41) is 22.9. The molecule has 2 saturated carbocycles. The van der Waals surface area contributed by atoms with E-state index >= 15 is 0 Å². The van der Waals surface area contributed by atoms with Crippen LogP contribution in [0.1, 0.15) is 75.3 Å². The van der Waals surface area contributed by atoms with E-state index in [1.54, 1.807) is 40.7 Å². The zero-order chi connectivity index (χ0) is 31.9. The minimum atomic E-state index is -0.871. The van der Waals surface area contributed by atoms with E-state index in [9.17, 15) is 19.5 Å². The highest BCUT2D eigenvalue weighted by molar-refractivity contribution is 5.75. The molecule has 0 unspecified atom stereocenters. The van der Waals surface area contributed by atoms with Crippen LogP contribution in [0.25, 0.3) is 0 Å². The minimum absolute atomic E-state index is 0.0625. The number of nitrogens with one attached hydrogen (secondary N) is 4. The van der Waals surface area contributed by atoms with E-state index in [2.05, 4.69) is 21.3 Å². The summed E-state index contributed by atoms with van der Waals surface area (Å²) >= 11 is 0. The first-order valence-electron chi connectivity index (χ1n) is 16.3. The van der Waals surface area contributed by atoms with Gasteiger partial charge in [-0.25, -0.2) is 14.4 Å². The summed E-state index contributed by atoms with van der Waals surface area (Å²) in [6, 6.07) is 8.01. The second-order valence-electron chi connectivity index (χ2n) is 12.5. The Morgan fingerprint density at radius 1 is 0.705 bits per heavy atom. The van der Waals surface area contributed by atoms with Gasteiger partial charge in [0, 0.05) is 72.5 Å². The van der Waals surface area contributed by atoms with Gasteiger partial charge in [-0.3, -0.25) is 10.2 Å². The summed E-state index contributed by atoms with van der Waals surface area (Å²) < 4.78 is 0. The van der Waals surface area contributed by atoms with Crippen molar-refractivity contribution in [3.8, 4) is 0 Å². The second kappa shape index (κ2) is 18.7. The van der Waals surface area contributed by atoms with Crippen LogP contribution in [0.3, 0.4) is 0 Å². The zero-order valence-electron chi connectivity index (χ0n) is 27.3. The molecule has 0 bridgehead atoms. The van der Waals surface area contributed by atoms with E-state index < -0.39 is 6.35 Å². The van der Waals surface area contributed by atoms with Gasteiger partial charge in [0.15, 0.2) is 6.35 Å². The fourth-order valence-corrected chi connectivity index (χ4v) is 5.63. The maximum atomic E-state index is 12.7. The Kier molecular flexibility index (Phi) is 15.0. The fraction of sp³-hybridized carbons (Fsp3) is 0.719. The van der Waals surface area contributed by atoms with Gasteiger partial charge in [0.1, 0.15) is 0 Å². The number of carbonyl (C=O) groups excluding carboxylic acids is 3. The van der Waals surface area contributed by atoms with E-state index in [1.807, 2.05) is 31.3 Å². The lowest BCUT2D eigenvalue weighted by Gasteiger charge is -2.29. The van der Waals surface area contributed by atoms with Crippen LogP contribution in [0.2, 0.25) is 0 Å². The number of amides is 6. The van der Waals surface area contributed by atoms with Gasteiger partial charge >= 0.3 is 18.1 Å². The van der Waals surface area contributed by atoms with Crippen molar-refractivity contribution in [3.05, 3.63) is 35.4 Å². The zero-order valence-corrected chi connectivity index (χ0v) is 27.3. The molecule has 2 fully saturated rings. The second-order valence-corrected chi connectivity index (χ2v) is 12.5. The van der Waals surface area contributed by atoms with E-state index in [0.29, 0.717) is 39.3 Å². The van der Waals surface area contributed by atoms with Crippen LogP contribution in [0.5, 0.6) is 0 Å². The molecule has 3 rings (SSSR count). The van der Waals surface area contributed by atoms with E-state index in [-0.39, 0.29) is 30.2 Å². The number of aliphatic hydroxyl groups is 1. The van der Waals surface area contributed by atoms with Crippen molar-refractivity contribution < 1.29 is 19.5 Å². The van der Waals surface area contributed by atoms with Crippen molar-refractivity contribution in [3.63, 3.8) is 0 Å². The summed E-state index contributed by atoms with van der Waals surface area (Å²) in [6.07, 6.45) is 10.5. The Morgan fingerprint density at radius 2 is 1.16 bits per heavy atom. The molecule has 0 spiro atoms. The van der Waals surface area contributed by atoms with Crippen molar-refractivity contribution >= 4 is 18.1 Å². The molecular formula is C32H56N8O4. The fourth-order valence-electron chi connectivity index (χ4n) is 5.63. The lowest BCUT2D eigenvalue weighted by atomic mass is 9.96. The number of rotatable bonds is 14. The average molecular weight is 617 g/mol. The van der Waals surface area contributed by atoms with Crippen molar-refractivity contribution in [1.29, 1.82) is 0 Å². The van der Waals surface area contributed by atoms with Crippen LogP contribution in [0.4, 0.5) is 14.4 Å². The Labute approximate surface area is 263 Å². The number of aliphatic hydroxyl groups excluding tert-OH is 1. The van der Waals surface area contributed by atoms with Gasteiger partial charge in [0.2, 0.25) is 0 Å². The van der Waals surface area contributed by atoms with Gasteiger partial charge < -0.3 is 35.8 Å². The molecule has 0 saturated heterocycles. The highest BCUT2D eigenvalue weighted by Gasteiger charge is 2.20. The van der Waals surface area contributed by atoms with Gasteiger partial charge in [-0.15, -0.1) is 0 Å². The van der Waals surface area contributed by atoms with Gasteiger partial charge in [0.25, 0.3) is 0 Å². The van der Waals surface area contributed by atoms with Crippen molar-refractivity contribution in [1.82, 2.24) is 40.9 Å². The molecule has 0 radical (unpaired) electrons. The molecule has 0 aromatic heterocycles. The maximum Gasteiger partial charge on any atom is 0.317 e. The number of likely N-dealkylation sites (N-methyl/N-ethyl adjacent to an activating group) is 4. The topological polar surface area (TPSA) is 133 Å². The molecule has 2 aliphatic rings. The molecular weight excluding hydrogens is 560 g/mol. The Bertz CT molecular complexity index is 1030. The quantitative estimate of drug-likeness (QED) is 0.204. The normalized spacial score (nSPS) is 16.7. The largest absolute Gasteiger partial charge is 0.365 e. The third kappa shape index (κ3) is 12.5. The van der Waals surface area contributed by atoms with Gasteiger partial charge in [-0.05, 0) is 43.9 Å². The molecule has 12 nitrogen and oxygen atoms in total. The standard InChI is InChI=1S/C32H56N8O4/c1-37(18-20-39(3)31(43)35-27-14-7-5-8-15-27)29(41)33-23-25-12-11-13-26(22-25)24-34-30(42)38(2)19-21-40(4)32(44)36-28-16-9-6-10-17-28/h11-13,22,27-29,33,41H,5-10,14-21,23-24H2,1-4H3,(H,34,42)(H,35,43)(H,36,44)/t29-/m0/s1. The molecule has 2 aliphatic carbocycles. The SMILES string of the molecule is CN(CCN(C)C(=O)NC1CCCCC1)C(=O)NCc1cccc(CN[C@H](O)N(C)CCN(C)C(=O)NC2CCCCC2)c1. The van der Waals surface area contributed by atoms with E-state index in [0.717, 1.165) is 49.7 Å². The number of urea groups is 3. The Balaban J connectivity index is 1.32. The summed E-state index contributed by atoms with van der Waals surface area (Å²) in [5.41, 5.74) is 1.93. The van der Waals surface area contributed by atoms with Crippen LogP contribution < -0.4 is 21.3 Å². The first-order chi connectivity index (χ1) is 21.1. The number of nitrogens with zero attached hydrogens (tertiary/aromatic N) is 4. The molecule has 0 heterocycles. The van der Waals surface area contributed by atoms with E-state index in [1.165, 1.54) is 25.7 Å². The first-order valence-corrected chi connectivity index (χ1v) is 16.3. The lowest BCUT2D eigenvalue weighted by molar-refractivity contribution is -0.00899. The molecule has 12 heteroatoms. The highest BCUT2D eigenvalue weighted by Crippen LogP contribution is 2.18. The van der Waals surface area contributed by atoms with Crippen molar-refractivity contribution in [2.24, 2.45) is 0 Å². The number of benzene rings is 1. The average Bonchev–Trinajstić information content (AvgIpc) is 3.04. The smallest absolute Gasteiger partial charge is 0.317 e. The maximum absolute atomic E-state index is 12.7. The van der Waals surface area contributed by atoms with Crippen molar-refractivity contribution in [2.45, 2.75) is 95.7 Å².